The number of halogens is 1. The summed E-state index contributed by atoms with van der Waals surface area (Å²) in [6.45, 7) is 1.91. The van der Waals surface area contributed by atoms with Gasteiger partial charge in [-0.15, -0.1) is 0 Å². The Morgan fingerprint density at radius 3 is 2.86 bits per heavy atom. The van der Waals surface area contributed by atoms with Crippen molar-refractivity contribution in [3.8, 4) is 0 Å². The molecule has 1 fully saturated rings. The molecule has 0 saturated carbocycles. The van der Waals surface area contributed by atoms with Gasteiger partial charge in [0, 0.05) is 12.2 Å². The lowest BCUT2D eigenvalue weighted by atomic mass is 10.1. The van der Waals surface area contributed by atoms with Crippen LogP contribution in [0.25, 0.3) is 0 Å². The molecule has 5 nitrogen and oxygen atoms in total. The lowest BCUT2D eigenvalue weighted by molar-refractivity contribution is 0.101. The minimum Gasteiger partial charge on any atom is -0.340 e. The molecule has 3 rings (SSSR count). The van der Waals surface area contributed by atoms with E-state index in [1.807, 2.05) is 16.8 Å². The highest BCUT2D eigenvalue weighted by molar-refractivity contribution is 6.02. The lowest BCUT2D eigenvalue weighted by Crippen LogP contribution is -2.31. The maximum absolute atomic E-state index is 13.1. The van der Waals surface area contributed by atoms with Crippen LogP contribution in [0.4, 0.5) is 10.2 Å². The second kappa shape index (κ2) is 6.05. The SMILES string of the molecule is O=C(Nc1cccc(F)n1)c1cccn1C1CCNCC1. The average Bonchev–Trinajstić information content (AvgIpc) is 2.98. The Kier molecular flexibility index (Phi) is 3.96. The van der Waals surface area contributed by atoms with Crippen LogP contribution in [-0.4, -0.2) is 28.5 Å². The summed E-state index contributed by atoms with van der Waals surface area (Å²) < 4.78 is 15.1. The van der Waals surface area contributed by atoms with E-state index in [1.54, 1.807) is 12.1 Å². The largest absolute Gasteiger partial charge is 0.340 e. The fraction of sp³-hybridized carbons (Fsp3) is 0.333. The summed E-state index contributed by atoms with van der Waals surface area (Å²) in [7, 11) is 0. The maximum Gasteiger partial charge on any atom is 0.273 e. The number of anilines is 1. The number of carbonyl (C=O) groups is 1. The molecule has 2 N–H and O–H groups in total. The monoisotopic (exact) mass is 288 g/mol. The van der Waals surface area contributed by atoms with Crippen LogP contribution in [-0.2, 0) is 0 Å². The lowest BCUT2D eigenvalue weighted by Gasteiger charge is -2.25. The predicted molar refractivity (Wildman–Crippen MR) is 77.7 cm³/mol. The van der Waals surface area contributed by atoms with E-state index in [0.717, 1.165) is 25.9 Å². The van der Waals surface area contributed by atoms with E-state index < -0.39 is 5.95 Å². The van der Waals surface area contributed by atoms with E-state index in [-0.39, 0.29) is 11.7 Å². The Morgan fingerprint density at radius 2 is 2.10 bits per heavy atom. The van der Waals surface area contributed by atoms with Crippen molar-refractivity contribution < 1.29 is 9.18 Å². The van der Waals surface area contributed by atoms with E-state index in [1.165, 1.54) is 12.1 Å². The summed E-state index contributed by atoms with van der Waals surface area (Å²) >= 11 is 0. The minimum atomic E-state index is -0.610. The molecule has 2 aromatic rings. The topological polar surface area (TPSA) is 59.0 Å². The van der Waals surface area contributed by atoms with Gasteiger partial charge >= 0.3 is 0 Å². The van der Waals surface area contributed by atoms with Gasteiger partial charge in [0.2, 0.25) is 5.95 Å². The second-order valence-corrected chi connectivity index (χ2v) is 5.08. The zero-order valence-electron chi connectivity index (χ0n) is 11.6. The van der Waals surface area contributed by atoms with Gasteiger partial charge in [-0.25, -0.2) is 4.98 Å². The van der Waals surface area contributed by atoms with E-state index >= 15 is 0 Å². The van der Waals surface area contributed by atoms with Crippen molar-refractivity contribution in [2.24, 2.45) is 0 Å². The van der Waals surface area contributed by atoms with Crippen LogP contribution in [0.3, 0.4) is 0 Å². The Bertz CT molecular complexity index is 634. The van der Waals surface area contributed by atoms with Crippen molar-refractivity contribution in [2.45, 2.75) is 18.9 Å². The van der Waals surface area contributed by atoms with E-state index in [9.17, 15) is 9.18 Å². The molecule has 1 aliphatic heterocycles. The first-order valence-corrected chi connectivity index (χ1v) is 7.05. The van der Waals surface area contributed by atoms with Crippen molar-refractivity contribution >= 4 is 11.7 Å². The molecular formula is C15H17FN4O. The average molecular weight is 288 g/mol. The molecule has 2 aromatic heterocycles. The first kappa shape index (κ1) is 13.8. The van der Waals surface area contributed by atoms with Crippen molar-refractivity contribution in [2.75, 3.05) is 18.4 Å². The number of nitrogens with one attached hydrogen (secondary N) is 2. The van der Waals surface area contributed by atoms with Crippen molar-refractivity contribution in [3.63, 3.8) is 0 Å². The highest BCUT2D eigenvalue weighted by Gasteiger charge is 2.20. The Labute approximate surface area is 122 Å². The predicted octanol–water partition coefficient (Wildman–Crippen LogP) is 2.20. The van der Waals surface area contributed by atoms with Crippen LogP contribution in [0.2, 0.25) is 0 Å². The second-order valence-electron chi connectivity index (χ2n) is 5.08. The number of rotatable bonds is 3. The van der Waals surface area contributed by atoms with Crippen molar-refractivity contribution in [3.05, 3.63) is 48.2 Å². The van der Waals surface area contributed by atoms with Gasteiger partial charge in [0.05, 0.1) is 0 Å². The molecule has 6 heteroatoms. The molecule has 3 heterocycles. The summed E-state index contributed by atoms with van der Waals surface area (Å²) in [6.07, 6.45) is 3.91. The fourth-order valence-electron chi connectivity index (χ4n) is 2.65. The van der Waals surface area contributed by atoms with Crippen molar-refractivity contribution in [1.82, 2.24) is 14.9 Å². The molecule has 0 spiro atoms. The maximum atomic E-state index is 13.1. The van der Waals surface area contributed by atoms with E-state index in [2.05, 4.69) is 15.6 Å². The molecule has 0 unspecified atom stereocenters. The summed E-state index contributed by atoms with van der Waals surface area (Å²) in [4.78, 5) is 16.0. The van der Waals surface area contributed by atoms with E-state index in [4.69, 9.17) is 0 Å². The molecule has 110 valence electrons. The van der Waals surface area contributed by atoms with Crippen LogP contribution >= 0.6 is 0 Å². The van der Waals surface area contributed by atoms with Crippen LogP contribution in [0, 0.1) is 5.95 Å². The Hall–Kier alpha value is -2.21. The van der Waals surface area contributed by atoms with Crippen LogP contribution in [0.1, 0.15) is 29.4 Å². The Balaban J connectivity index is 1.77. The molecule has 1 amide bonds. The summed E-state index contributed by atoms with van der Waals surface area (Å²) in [5, 5.41) is 5.94. The molecule has 0 aromatic carbocycles. The molecule has 0 atom stereocenters. The first-order chi connectivity index (χ1) is 10.2. The Morgan fingerprint density at radius 1 is 1.29 bits per heavy atom. The van der Waals surface area contributed by atoms with Crippen LogP contribution in [0.5, 0.6) is 0 Å². The van der Waals surface area contributed by atoms with Gasteiger partial charge in [0.25, 0.3) is 5.91 Å². The number of hydrogen-bond acceptors (Lipinski definition) is 3. The number of piperidine rings is 1. The third kappa shape index (κ3) is 3.11. The van der Waals surface area contributed by atoms with E-state index in [0.29, 0.717) is 11.7 Å². The van der Waals surface area contributed by atoms with Crippen molar-refractivity contribution in [1.29, 1.82) is 0 Å². The summed E-state index contributed by atoms with van der Waals surface area (Å²) in [5.41, 5.74) is 0.577. The number of nitrogens with zero attached hydrogens (tertiary/aromatic N) is 2. The van der Waals surface area contributed by atoms with Gasteiger partial charge in [-0.2, -0.15) is 4.39 Å². The molecule has 0 bridgehead atoms. The van der Waals surface area contributed by atoms with Gasteiger partial charge in [-0.05, 0) is 50.2 Å². The van der Waals surface area contributed by atoms with Gasteiger partial charge < -0.3 is 15.2 Å². The smallest absolute Gasteiger partial charge is 0.273 e. The van der Waals surface area contributed by atoms with Gasteiger partial charge in [-0.3, -0.25) is 4.79 Å². The number of amides is 1. The zero-order chi connectivity index (χ0) is 14.7. The highest BCUT2D eigenvalue weighted by atomic mass is 19.1. The molecule has 21 heavy (non-hydrogen) atoms. The normalized spacial score (nSPS) is 15.9. The number of carbonyl (C=O) groups excluding carboxylic acids is 1. The molecule has 0 aliphatic carbocycles. The number of pyridine rings is 1. The minimum absolute atomic E-state index is 0.220. The summed E-state index contributed by atoms with van der Waals surface area (Å²) in [6, 6.07) is 8.28. The van der Waals surface area contributed by atoms with Crippen LogP contribution < -0.4 is 10.6 Å². The first-order valence-electron chi connectivity index (χ1n) is 7.05. The third-order valence-electron chi connectivity index (χ3n) is 3.67. The van der Waals surface area contributed by atoms with Gasteiger partial charge in [-0.1, -0.05) is 6.07 Å². The molecule has 1 aliphatic rings. The molecule has 1 saturated heterocycles. The number of aromatic nitrogens is 2. The van der Waals surface area contributed by atoms with Gasteiger partial charge in [0.1, 0.15) is 11.5 Å². The van der Waals surface area contributed by atoms with Gasteiger partial charge in [0.15, 0.2) is 0 Å². The van der Waals surface area contributed by atoms with Crippen LogP contribution in [0.15, 0.2) is 36.5 Å². The fourth-order valence-corrected chi connectivity index (χ4v) is 2.65. The third-order valence-corrected chi connectivity index (χ3v) is 3.67. The standard InChI is InChI=1S/C15H17FN4O/c16-13-4-1-5-14(18-13)19-15(21)12-3-2-10-20(12)11-6-8-17-9-7-11/h1-5,10-11,17H,6-9H2,(H,18,19,21). The quantitative estimate of drug-likeness (QED) is 0.851. The highest BCUT2D eigenvalue weighted by Crippen LogP contribution is 2.21. The summed E-state index contributed by atoms with van der Waals surface area (Å²) in [5.74, 6) is -0.656. The molecular weight excluding hydrogens is 271 g/mol. The zero-order valence-corrected chi connectivity index (χ0v) is 11.6. The molecule has 0 radical (unpaired) electrons. The number of hydrogen-bond donors (Lipinski definition) is 2.